The molecule has 0 bridgehead atoms. The zero-order valence-electron chi connectivity index (χ0n) is 1.97. The van der Waals surface area contributed by atoms with E-state index in [-0.39, 0.29) is 0 Å². The average molecular weight is 53.8 g/mol. The molecule has 4 heavy (non-hydrogen) atoms. The average Bonchev–Trinajstić information content (AvgIpc) is 1.37. The van der Waals surface area contributed by atoms with Crippen molar-refractivity contribution >= 4 is 7.21 Å². The van der Waals surface area contributed by atoms with Crippen molar-refractivity contribution in [3.8, 4) is 0 Å². The molecule has 0 atom stereocenters. The van der Waals surface area contributed by atoms with Gasteiger partial charge in [0.05, 0.1) is 0 Å². The van der Waals surface area contributed by atoms with Crippen molar-refractivity contribution in [3.63, 3.8) is 0 Å². The first-order valence-corrected chi connectivity index (χ1v) is 0.747. The van der Waals surface area contributed by atoms with Gasteiger partial charge in [-0.15, -0.1) is 0 Å². The van der Waals surface area contributed by atoms with Crippen molar-refractivity contribution in [2.24, 2.45) is 5.03 Å². The summed E-state index contributed by atoms with van der Waals surface area (Å²) in [5.74, 6) is 0. The fourth-order valence-corrected chi connectivity index (χ4v) is 0. The molecule has 0 spiro atoms. The Morgan fingerprint density at radius 2 is 2.25 bits per heavy atom. The van der Waals surface area contributed by atoms with Crippen LogP contribution in [0.5, 0.6) is 0 Å². The zero-order valence-corrected chi connectivity index (χ0v) is 1.97. The molecule has 0 aliphatic heterocycles. The monoisotopic (exact) mass is 54.0 g/mol. The Bertz CT molecular complexity index is 24.3. The van der Waals surface area contributed by atoms with Gasteiger partial charge in [0.25, 0.3) is 0 Å². The van der Waals surface area contributed by atoms with Crippen molar-refractivity contribution in [2.45, 2.75) is 0 Å². The Balaban J connectivity index is 2.73. The molecule has 0 rings (SSSR count). The molecule has 0 unspecified atom stereocenters. The molecule has 0 aromatic rings. The first kappa shape index (κ1) is 3.46. The van der Waals surface area contributed by atoms with Crippen LogP contribution in [0.4, 0.5) is 0 Å². The third kappa shape index (κ3) is 1.46. The number of nitrogens with one attached hydrogen (secondary N) is 1. The first-order valence-electron chi connectivity index (χ1n) is 0.747. The number of rotatable bonds is 1. The molecule has 4 heteroatoms. The van der Waals surface area contributed by atoms with Gasteiger partial charge in [0.1, 0.15) is 0 Å². The van der Waals surface area contributed by atoms with Crippen molar-refractivity contribution < 1.29 is 0 Å². The van der Waals surface area contributed by atoms with E-state index in [0.717, 1.165) is 0 Å². The van der Waals surface area contributed by atoms with Crippen molar-refractivity contribution in [1.82, 2.24) is 0 Å². The van der Waals surface area contributed by atoms with Gasteiger partial charge in [-0.2, -0.15) is 0 Å². The summed E-state index contributed by atoms with van der Waals surface area (Å²) >= 11 is 0. The van der Waals surface area contributed by atoms with Gasteiger partial charge in [-0.1, -0.05) is 0 Å². The van der Waals surface area contributed by atoms with Crippen LogP contribution in [0.25, 0.3) is 5.53 Å². The van der Waals surface area contributed by atoms with E-state index in [1.165, 1.54) is 0 Å². The van der Waals surface area contributed by atoms with Crippen molar-refractivity contribution in [3.05, 3.63) is 5.53 Å². The molecule has 0 aromatic heterocycles. The van der Waals surface area contributed by atoms with E-state index in [2.05, 4.69) is 5.03 Å². The SMILES string of the molecule is [N-]=NB=N. The van der Waals surface area contributed by atoms with Crippen LogP contribution in [-0.2, 0) is 0 Å². The quantitative estimate of drug-likeness (QED) is 0.332. The summed E-state index contributed by atoms with van der Waals surface area (Å²) in [5.41, 5.74) is 7.26. The van der Waals surface area contributed by atoms with E-state index in [1.807, 2.05) is 0 Å². The van der Waals surface area contributed by atoms with Crippen LogP contribution in [0.1, 0.15) is 0 Å². The molecule has 3 nitrogen and oxygen atoms in total. The van der Waals surface area contributed by atoms with Crippen LogP contribution in [0.2, 0.25) is 0 Å². The Morgan fingerprint density at radius 1 is 2.00 bits per heavy atom. The van der Waals surface area contributed by atoms with Gasteiger partial charge in [-0.05, 0) is 0 Å². The van der Waals surface area contributed by atoms with Gasteiger partial charge in [0.15, 0.2) is 0 Å². The molecule has 0 amide bonds. The second-order valence-corrected chi connectivity index (χ2v) is 0.245. The standard InChI is InChI=1S/BHN3/c2-1-4-3/h2H/q-1. The molecule has 1 N–H and O–H groups in total. The summed E-state index contributed by atoms with van der Waals surface area (Å²) in [5, 5.41) is 8.19. The maximum atomic E-state index is 7.26. The molecular formula is HBN3-. The summed E-state index contributed by atoms with van der Waals surface area (Å²) in [6, 6.07) is 0. The third-order valence-corrected chi connectivity index (χ3v) is 0.0577. The van der Waals surface area contributed by atoms with Gasteiger partial charge in [-0.25, -0.2) is 0 Å². The van der Waals surface area contributed by atoms with Gasteiger partial charge >= 0.3 is 23.1 Å². The number of hydrogen-bond acceptors (Lipinski definition) is 1. The van der Waals surface area contributed by atoms with Crippen molar-refractivity contribution in [1.29, 1.82) is 5.31 Å². The molecule has 0 aliphatic carbocycles. The van der Waals surface area contributed by atoms with Gasteiger partial charge in [0, 0.05) is 0 Å². The molecule has 20 valence electrons. The van der Waals surface area contributed by atoms with Gasteiger partial charge in [0.2, 0.25) is 0 Å². The molecule has 0 saturated carbocycles. The van der Waals surface area contributed by atoms with Crippen LogP contribution in [0, 0.1) is 5.31 Å². The maximum absolute atomic E-state index is 7.26. The molecule has 0 aromatic carbocycles. The Hall–Kier alpha value is -0.535. The van der Waals surface area contributed by atoms with Crippen LogP contribution < -0.4 is 0 Å². The van der Waals surface area contributed by atoms with Crippen LogP contribution in [-0.4, -0.2) is 7.21 Å². The first-order chi connectivity index (χ1) is 1.91. The predicted octanol–water partition coefficient (Wildman–Crippen LogP) is 0.390. The van der Waals surface area contributed by atoms with E-state index < -0.39 is 0 Å². The molecule has 0 radical (unpaired) electrons. The predicted molar refractivity (Wildman–Crippen MR) is 14.3 cm³/mol. The number of hydrogen-bond donors (Lipinski definition) is 1. The fourth-order valence-electron chi connectivity index (χ4n) is 0. The Labute approximate surface area is 24.3 Å². The normalized spacial score (nSPS) is 4.00. The Kier molecular flexibility index (Phi) is 2.14. The van der Waals surface area contributed by atoms with E-state index >= 15 is 0 Å². The van der Waals surface area contributed by atoms with Gasteiger partial charge < -0.3 is 0 Å². The van der Waals surface area contributed by atoms with Gasteiger partial charge in [-0.3, -0.25) is 0 Å². The second kappa shape index (κ2) is 2.46. The van der Waals surface area contributed by atoms with E-state index in [0.29, 0.717) is 7.21 Å². The minimum absolute atomic E-state index is 0.556. The molecule has 0 heterocycles. The molecule has 0 fully saturated rings. The topological polar surface area (TPSA) is 58.5 Å². The molecule has 0 saturated heterocycles. The summed E-state index contributed by atoms with van der Waals surface area (Å²) in [6.07, 6.45) is 0. The zero-order chi connectivity index (χ0) is 3.41. The fraction of sp³-hybridized carbons (Fsp3) is 0. The van der Waals surface area contributed by atoms with Crippen LogP contribution >= 0.6 is 0 Å². The molecule has 0 aliphatic rings. The van der Waals surface area contributed by atoms with E-state index in [1.54, 1.807) is 0 Å². The minimum atomic E-state index is 0.556. The van der Waals surface area contributed by atoms with Crippen LogP contribution in [0.15, 0.2) is 5.03 Å². The van der Waals surface area contributed by atoms with E-state index in [4.69, 9.17) is 10.8 Å². The Morgan fingerprint density at radius 3 is 2.25 bits per heavy atom. The summed E-state index contributed by atoms with van der Waals surface area (Å²) in [7, 11) is 0.556. The third-order valence-electron chi connectivity index (χ3n) is 0.0577. The summed E-state index contributed by atoms with van der Waals surface area (Å²) < 4.78 is 0. The summed E-state index contributed by atoms with van der Waals surface area (Å²) in [4.78, 5) is 0. The number of nitrogens with zero attached hydrogens (tertiary/aromatic N) is 2. The second-order valence-electron chi connectivity index (χ2n) is 0.245. The summed E-state index contributed by atoms with van der Waals surface area (Å²) in [6.45, 7) is 0. The van der Waals surface area contributed by atoms with E-state index in [9.17, 15) is 0 Å². The van der Waals surface area contributed by atoms with Crippen molar-refractivity contribution in [2.75, 3.05) is 0 Å². The molecular weight excluding hydrogens is 52.8 g/mol. The van der Waals surface area contributed by atoms with Crippen LogP contribution in [0.3, 0.4) is 0 Å².